The second-order valence-electron chi connectivity index (χ2n) is 8.01. The Balaban J connectivity index is 1.63. The van der Waals surface area contributed by atoms with E-state index in [1.54, 1.807) is 6.33 Å². The standard InChI is InChI=1S/C24H24ClN5O/c1-14(2)17-5-7-18(8-6-17)29-24(31)20-10-26-23-21(22(20)25)15(3)11-30(23)12-19-9-16(4)27-13-28-19/h5-11,13-14H,12H2,1-4H3,(H,29,31). The van der Waals surface area contributed by atoms with Crippen LogP contribution in [-0.2, 0) is 6.54 Å². The number of fused-ring (bicyclic) bond motifs is 1. The molecule has 0 aliphatic rings. The molecule has 0 unspecified atom stereocenters. The Morgan fingerprint density at radius 1 is 1.13 bits per heavy atom. The van der Waals surface area contributed by atoms with E-state index in [0.717, 1.165) is 33.7 Å². The predicted molar refractivity (Wildman–Crippen MR) is 124 cm³/mol. The van der Waals surface area contributed by atoms with E-state index in [2.05, 4.69) is 34.1 Å². The number of aromatic nitrogens is 4. The maximum absolute atomic E-state index is 12.9. The van der Waals surface area contributed by atoms with Crippen LogP contribution in [0.1, 0.15) is 52.6 Å². The van der Waals surface area contributed by atoms with Gasteiger partial charge in [-0.15, -0.1) is 0 Å². The minimum Gasteiger partial charge on any atom is -0.326 e. The van der Waals surface area contributed by atoms with Crippen LogP contribution in [0.3, 0.4) is 0 Å². The van der Waals surface area contributed by atoms with Crippen molar-refractivity contribution in [2.45, 2.75) is 40.2 Å². The molecule has 0 saturated heterocycles. The summed E-state index contributed by atoms with van der Waals surface area (Å²) < 4.78 is 1.99. The Hall–Kier alpha value is -3.25. The van der Waals surface area contributed by atoms with E-state index >= 15 is 0 Å². The number of aryl methyl sites for hydroxylation is 2. The molecule has 0 aliphatic heterocycles. The Morgan fingerprint density at radius 2 is 1.87 bits per heavy atom. The van der Waals surface area contributed by atoms with Crippen LogP contribution in [-0.4, -0.2) is 25.4 Å². The van der Waals surface area contributed by atoms with Gasteiger partial charge >= 0.3 is 0 Å². The van der Waals surface area contributed by atoms with Crippen molar-refractivity contribution in [1.29, 1.82) is 0 Å². The number of rotatable bonds is 5. The quantitative estimate of drug-likeness (QED) is 0.449. The van der Waals surface area contributed by atoms with Gasteiger partial charge in [-0.2, -0.15) is 0 Å². The average Bonchev–Trinajstić information content (AvgIpc) is 3.04. The Labute approximate surface area is 186 Å². The fourth-order valence-electron chi connectivity index (χ4n) is 3.61. The van der Waals surface area contributed by atoms with Gasteiger partial charge in [-0.05, 0) is 49.1 Å². The highest BCUT2D eigenvalue weighted by atomic mass is 35.5. The molecule has 0 aliphatic carbocycles. The Morgan fingerprint density at radius 3 is 2.55 bits per heavy atom. The number of carbonyl (C=O) groups excluding carboxylic acids is 1. The van der Waals surface area contributed by atoms with Gasteiger partial charge in [0.1, 0.15) is 12.0 Å². The van der Waals surface area contributed by atoms with Gasteiger partial charge < -0.3 is 9.88 Å². The highest BCUT2D eigenvalue weighted by Gasteiger charge is 2.19. The monoisotopic (exact) mass is 433 g/mol. The number of carbonyl (C=O) groups is 1. The summed E-state index contributed by atoms with van der Waals surface area (Å²) in [7, 11) is 0. The summed E-state index contributed by atoms with van der Waals surface area (Å²) in [5.41, 5.74) is 5.75. The first kappa shape index (κ1) is 21.0. The zero-order chi connectivity index (χ0) is 22.1. The molecule has 3 aromatic heterocycles. The molecule has 7 heteroatoms. The molecule has 4 rings (SSSR count). The number of benzene rings is 1. The summed E-state index contributed by atoms with van der Waals surface area (Å²) in [6.45, 7) is 8.71. The smallest absolute Gasteiger partial charge is 0.258 e. The fourth-order valence-corrected chi connectivity index (χ4v) is 3.97. The second kappa shape index (κ2) is 8.47. The molecule has 4 aromatic rings. The number of hydrogen-bond donors (Lipinski definition) is 1. The first-order valence-electron chi connectivity index (χ1n) is 10.2. The summed E-state index contributed by atoms with van der Waals surface area (Å²) in [5, 5.41) is 4.09. The van der Waals surface area contributed by atoms with Crippen LogP contribution in [0.2, 0.25) is 5.02 Å². The van der Waals surface area contributed by atoms with Gasteiger partial charge in [-0.3, -0.25) is 4.79 Å². The van der Waals surface area contributed by atoms with Crippen molar-refractivity contribution >= 4 is 34.2 Å². The van der Waals surface area contributed by atoms with Gasteiger partial charge in [0.25, 0.3) is 5.91 Å². The van der Waals surface area contributed by atoms with Crippen LogP contribution in [0.25, 0.3) is 11.0 Å². The van der Waals surface area contributed by atoms with Crippen molar-refractivity contribution in [3.05, 3.63) is 82.2 Å². The van der Waals surface area contributed by atoms with Gasteiger partial charge in [0.15, 0.2) is 0 Å². The fraction of sp³-hybridized carbons (Fsp3) is 0.250. The highest BCUT2D eigenvalue weighted by Crippen LogP contribution is 2.31. The van der Waals surface area contributed by atoms with E-state index in [1.165, 1.54) is 11.8 Å². The van der Waals surface area contributed by atoms with E-state index in [-0.39, 0.29) is 5.91 Å². The maximum atomic E-state index is 12.9. The largest absolute Gasteiger partial charge is 0.326 e. The van der Waals surface area contributed by atoms with Crippen LogP contribution in [0.15, 0.2) is 49.1 Å². The van der Waals surface area contributed by atoms with E-state index in [4.69, 9.17) is 11.6 Å². The molecule has 0 bridgehead atoms. The zero-order valence-electron chi connectivity index (χ0n) is 18.0. The normalized spacial score (nSPS) is 11.3. The van der Waals surface area contributed by atoms with Crippen molar-refractivity contribution in [1.82, 2.24) is 19.5 Å². The number of nitrogens with one attached hydrogen (secondary N) is 1. The molecule has 3 heterocycles. The molecule has 1 amide bonds. The lowest BCUT2D eigenvalue weighted by atomic mass is 10.0. The van der Waals surface area contributed by atoms with Crippen LogP contribution >= 0.6 is 11.6 Å². The molecule has 1 N–H and O–H groups in total. The predicted octanol–water partition coefficient (Wildman–Crippen LogP) is 5.52. The second-order valence-corrected chi connectivity index (χ2v) is 8.38. The SMILES string of the molecule is Cc1cc(Cn2cc(C)c3c(Cl)c(C(=O)Nc4ccc(C(C)C)cc4)cnc32)ncn1. The topological polar surface area (TPSA) is 72.7 Å². The highest BCUT2D eigenvalue weighted by molar-refractivity contribution is 6.39. The van der Waals surface area contributed by atoms with E-state index in [1.807, 2.05) is 54.9 Å². The van der Waals surface area contributed by atoms with Crippen LogP contribution in [0.5, 0.6) is 0 Å². The van der Waals surface area contributed by atoms with Crippen LogP contribution in [0, 0.1) is 13.8 Å². The number of hydrogen-bond acceptors (Lipinski definition) is 4. The first-order chi connectivity index (χ1) is 14.8. The third-order valence-corrected chi connectivity index (χ3v) is 5.68. The molecule has 1 aromatic carbocycles. The number of pyridine rings is 1. The van der Waals surface area contributed by atoms with Gasteiger partial charge in [0.05, 0.1) is 22.8 Å². The maximum Gasteiger partial charge on any atom is 0.258 e. The van der Waals surface area contributed by atoms with Crippen LogP contribution < -0.4 is 5.32 Å². The molecule has 0 spiro atoms. The number of halogens is 1. The van der Waals surface area contributed by atoms with Crippen molar-refractivity contribution in [2.24, 2.45) is 0 Å². The van der Waals surface area contributed by atoms with Gasteiger partial charge in [0, 0.05) is 29.2 Å². The number of nitrogens with zero attached hydrogens (tertiary/aromatic N) is 4. The molecule has 31 heavy (non-hydrogen) atoms. The van der Waals surface area contributed by atoms with Gasteiger partial charge in [-0.1, -0.05) is 37.6 Å². The molecule has 0 saturated carbocycles. The number of amides is 1. The van der Waals surface area contributed by atoms with E-state index < -0.39 is 0 Å². The first-order valence-corrected chi connectivity index (χ1v) is 10.5. The minimum atomic E-state index is -0.282. The molecule has 0 radical (unpaired) electrons. The molecular weight excluding hydrogens is 410 g/mol. The molecule has 0 fully saturated rings. The van der Waals surface area contributed by atoms with Crippen molar-refractivity contribution in [3.8, 4) is 0 Å². The Bertz CT molecular complexity index is 1260. The summed E-state index contributed by atoms with van der Waals surface area (Å²) in [6, 6.07) is 9.77. The van der Waals surface area contributed by atoms with Gasteiger partial charge in [-0.25, -0.2) is 15.0 Å². The summed E-state index contributed by atoms with van der Waals surface area (Å²) in [5.74, 6) is 0.152. The van der Waals surface area contributed by atoms with Gasteiger partial charge in [0.2, 0.25) is 0 Å². The van der Waals surface area contributed by atoms with Crippen molar-refractivity contribution < 1.29 is 4.79 Å². The summed E-state index contributed by atoms with van der Waals surface area (Å²) >= 11 is 6.68. The third-order valence-electron chi connectivity index (χ3n) is 5.28. The molecular formula is C24H24ClN5O. The Kier molecular flexibility index (Phi) is 5.74. The lowest BCUT2D eigenvalue weighted by molar-refractivity contribution is 0.102. The van der Waals surface area contributed by atoms with E-state index in [9.17, 15) is 4.79 Å². The summed E-state index contributed by atoms with van der Waals surface area (Å²) in [6.07, 6.45) is 5.07. The molecule has 158 valence electrons. The average molecular weight is 434 g/mol. The van der Waals surface area contributed by atoms with Crippen molar-refractivity contribution in [3.63, 3.8) is 0 Å². The minimum absolute atomic E-state index is 0.282. The lowest BCUT2D eigenvalue weighted by Crippen LogP contribution is -2.13. The zero-order valence-corrected chi connectivity index (χ0v) is 18.7. The molecule has 6 nitrogen and oxygen atoms in total. The third kappa shape index (κ3) is 4.30. The van der Waals surface area contributed by atoms with Crippen LogP contribution in [0.4, 0.5) is 5.69 Å². The number of anilines is 1. The molecule has 0 atom stereocenters. The van der Waals surface area contributed by atoms with E-state index in [0.29, 0.717) is 23.0 Å². The summed E-state index contributed by atoms with van der Waals surface area (Å²) in [4.78, 5) is 25.9. The van der Waals surface area contributed by atoms with Crippen molar-refractivity contribution in [2.75, 3.05) is 5.32 Å². The lowest BCUT2D eigenvalue weighted by Gasteiger charge is -2.10.